The zero-order valence-electron chi connectivity index (χ0n) is 12.6. The van der Waals surface area contributed by atoms with Crippen molar-refractivity contribution in [1.82, 2.24) is 4.90 Å². The highest BCUT2D eigenvalue weighted by molar-refractivity contribution is 7.98. The first-order valence-electron chi connectivity index (χ1n) is 7.27. The summed E-state index contributed by atoms with van der Waals surface area (Å²) < 4.78 is 5.37. The molecule has 5 heteroatoms. The van der Waals surface area contributed by atoms with Gasteiger partial charge in [-0.05, 0) is 43.7 Å². The van der Waals surface area contributed by atoms with E-state index in [0.717, 1.165) is 43.1 Å². The maximum absolute atomic E-state index is 11.8. The third-order valence-electron chi connectivity index (χ3n) is 4.00. The van der Waals surface area contributed by atoms with E-state index in [1.165, 1.54) is 0 Å². The van der Waals surface area contributed by atoms with E-state index in [2.05, 4.69) is 0 Å². The van der Waals surface area contributed by atoms with Crippen molar-refractivity contribution in [2.75, 3.05) is 33.1 Å². The molecule has 1 atom stereocenters. The molecule has 0 spiro atoms. The first-order valence-corrected chi connectivity index (χ1v) is 8.49. The number of hydrogen-bond acceptors (Lipinski definition) is 4. The highest BCUT2D eigenvalue weighted by Gasteiger charge is 2.28. The fraction of sp³-hybridized carbons (Fsp3) is 0.562. The Morgan fingerprint density at radius 2 is 2.10 bits per heavy atom. The number of rotatable bonds is 6. The Morgan fingerprint density at radius 3 is 2.71 bits per heavy atom. The van der Waals surface area contributed by atoms with Crippen LogP contribution in [0.5, 0.6) is 0 Å². The van der Waals surface area contributed by atoms with Gasteiger partial charge in [0, 0.05) is 24.7 Å². The molecule has 1 heterocycles. The van der Waals surface area contributed by atoms with E-state index in [1.807, 2.05) is 42.5 Å². The number of hydrogen-bond donors (Lipinski definition) is 1. The average molecular weight is 309 g/mol. The van der Waals surface area contributed by atoms with Crippen molar-refractivity contribution < 1.29 is 14.6 Å². The largest absolute Gasteiger partial charge is 0.480 e. The fourth-order valence-electron chi connectivity index (χ4n) is 2.89. The molecule has 0 saturated carbocycles. The molecule has 2 rings (SSSR count). The number of nitrogens with zero attached hydrogens (tertiary/aromatic N) is 1. The van der Waals surface area contributed by atoms with E-state index in [4.69, 9.17) is 4.74 Å². The lowest BCUT2D eigenvalue weighted by Crippen LogP contribution is -2.36. The van der Waals surface area contributed by atoms with Crippen molar-refractivity contribution >= 4 is 17.7 Å². The van der Waals surface area contributed by atoms with E-state index in [1.54, 1.807) is 11.8 Å². The Morgan fingerprint density at radius 1 is 1.43 bits per heavy atom. The second-order valence-corrected chi connectivity index (χ2v) is 6.33. The van der Waals surface area contributed by atoms with Gasteiger partial charge in [-0.25, -0.2) is 0 Å². The summed E-state index contributed by atoms with van der Waals surface area (Å²) in [4.78, 5) is 14.8. The third-order valence-corrected chi connectivity index (χ3v) is 4.81. The molecule has 1 N–H and O–H groups in total. The molecule has 0 radical (unpaired) electrons. The standard InChI is InChI=1S/C16H23NO3S/c1-17(11-12-7-9-20-10-8-12)15(16(18)19)13-5-3-4-6-14(13)21-2/h3-6,12,15H,7-11H2,1-2H3,(H,18,19)/t15-/m1/s1. The monoisotopic (exact) mass is 309 g/mol. The summed E-state index contributed by atoms with van der Waals surface area (Å²) in [5.74, 6) is -0.266. The first-order chi connectivity index (χ1) is 10.1. The van der Waals surface area contributed by atoms with Crippen LogP contribution in [0.2, 0.25) is 0 Å². The molecule has 1 fully saturated rings. The molecule has 21 heavy (non-hydrogen) atoms. The van der Waals surface area contributed by atoms with Crippen LogP contribution in [-0.4, -0.2) is 49.0 Å². The van der Waals surface area contributed by atoms with Crippen molar-refractivity contribution in [3.63, 3.8) is 0 Å². The summed E-state index contributed by atoms with van der Waals surface area (Å²) in [6.07, 6.45) is 4.01. The molecular formula is C16H23NO3S. The summed E-state index contributed by atoms with van der Waals surface area (Å²) >= 11 is 1.59. The van der Waals surface area contributed by atoms with Gasteiger partial charge in [0.2, 0.25) is 0 Å². The number of carbonyl (C=O) groups is 1. The average Bonchev–Trinajstić information content (AvgIpc) is 2.48. The number of aliphatic carboxylic acids is 1. The van der Waals surface area contributed by atoms with E-state index in [9.17, 15) is 9.90 Å². The van der Waals surface area contributed by atoms with Crippen LogP contribution in [0.1, 0.15) is 24.4 Å². The summed E-state index contributed by atoms with van der Waals surface area (Å²) in [6.45, 7) is 2.37. The minimum absolute atomic E-state index is 0.520. The van der Waals surface area contributed by atoms with Gasteiger partial charge >= 0.3 is 5.97 Å². The zero-order chi connectivity index (χ0) is 15.2. The minimum Gasteiger partial charge on any atom is -0.480 e. The zero-order valence-corrected chi connectivity index (χ0v) is 13.4. The number of thioether (sulfide) groups is 1. The van der Waals surface area contributed by atoms with Crippen molar-refractivity contribution in [2.45, 2.75) is 23.8 Å². The second kappa shape index (κ2) is 7.82. The smallest absolute Gasteiger partial charge is 0.325 e. The van der Waals surface area contributed by atoms with E-state index < -0.39 is 12.0 Å². The maximum atomic E-state index is 11.8. The summed E-state index contributed by atoms with van der Waals surface area (Å²) in [7, 11) is 1.91. The van der Waals surface area contributed by atoms with E-state index >= 15 is 0 Å². The third kappa shape index (κ3) is 4.22. The molecule has 0 unspecified atom stereocenters. The van der Waals surface area contributed by atoms with Gasteiger partial charge < -0.3 is 9.84 Å². The van der Waals surface area contributed by atoms with Gasteiger partial charge in [-0.3, -0.25) is 9.69 Å². The summed E-state index contributed by atoms with van der Waals surface area (Å²) in [5, 5.41) is 9.67. The first kappa shape index (κ1) is 16.3. The van der Waals surface area contributed by atoms with Crippen molar-refractivity contribution in [2.24, 2.45) is 5.92 Å². The van der Waals surface area contributed by atoms with Crippen LogP contribution in [-0.2, 0) is 9.53 Å². The van der Waals surface area contributed by atoms with Crippen molar-refractivity contribution in [3.05, 3.63) is 29.8 Å². The Hall–Kier alpha value is -1.04. The Balaban J connectivity index is 2.15. The van der Waals surface area contributed by atoms with E-state index in [-0.39, 0.29) is 0 Å². The van der Waals surface area contributed by atoms with Crippen molar-refractivity contribution in [1.29, 1.82) is 0 Å². The van der Waals surface area contributed by atoms with Crippen LogP contribution in [0.15, 0.2) is 29.2 Å². The molecule has 0 bridgehead atoms. The predicted octanol–water partition coefficient (Wildman–Crippen LogP) is 2.89. The quantitative estimate of drug-likeness (QED) is 0.819. The Labute approximate surface area is 130 Å². The molecule has 1 aliphatic heterocycles. The molecule has 0 aliphatic carbocycles. The van der Waals surface area contributed by atoms with Crippen molar-refractivity contribution in [3.8, 4) is 0 Å². The SMILES string of the molecule is CSc1ccccc1[C@H](C(=O)O)N(C)CC1CCOCC1. The molecule has 4 nitrogen and oxygen atoms in total. The van der Waals surface area contributed by atoms with E-state index in [0.29, 0.717) is 5.92 Å². The van der Waals surface area contributed by atoms with Gasteiger partial charge in [-0.1, -0.05) is 18.2 Å². The topological polar surface area (TPSA) is 49.8 Å². The molecule has 1 aromatic carbocycles. The fourth-order valence-corrected chi connectivity index (χ4v) is 3.52. The second-order valence-electron chi connectivity index (χ2n) is 5.48. The van der Waals surface area contributed by atoms with Crippen LogP contribution >= 0.6 is 11.8 Å². The van der Waals surface area contributed by atoms with Gasteiger partial charge in [-0.2, -0.15) is 0 Å². The van der Waals surface area contributed by atoms with Gasteiger partial charge in [0.1, 0.15) is 6.04 Å². The number of ether oxygens (including phenoxy) is 1. The lowest BCUT2D eigenvalue weighted by molar-refractivity contribution is -0.143. The molecule has 1 aromatic rings. The lowest BCUT2D eigenvalue weighted by atomic mass is 9.98. The molecule has 0 amide bonds. The highest BCUT2D eigenvalue weighted by atomic mass is 32.2. The number of benzene rings is 1. The van der Waals surface area contributed by atoms with Gasteiger partial charge in [0.05, 0.1) is 0 Å². The number of likely N-dealkylation sites (N-methyl/N-ethyl adjacent to an activating group) is 1. The van der Waals surface area contributed by atoms with Crippen LogP contribution in [0.4, 0.5) is 0 Å². The van der Waals surface area contributed by atoms with Gasteiger partial charge in [-0.15, -0.1) is 11.8 Å². The molecule has 1 saturated heterocycles. The summed E-state index contributed by atoms with van der Waals surface area (Å²) in [5.41, 5.74) is 0.882. The molecule has 1 aliphatic rings. The molecule has 116 valence electrons. The predicted molar refractivity (Wildman–Crippen MR) is 84.8 cm³/mol. The lowest BCUT2D eigenvalue weighted by Gasteiger charge is -2.31. The Kier molecular flexibility index (Phi) is 6.08. The Bertz CT molecular complexity index is 474. The molecule has 0 aromatic heterocycles. The molecular weight excluding hydrogens is 286 g/mol. The van der Waals surface area contributed by atoms with Crippen LogP contribution in [0, 0.1) is 5.92 Å². The van der Waals surface area contributed by atoms with Crippen LogP contribution in [0.25, 0.3) is 0 Å². The van der Waals surface area contributed by atoms with Gasteiger partial charge in [0.15, 0.2) is 0 Å². The normalized spacial score (nSPS) is 17.9. The summed E-state index contributed by atoms with van der Waals surface area (Å²) in [6, 6.07) is 7.18. The maximum Gasteiger partial charge on any atom is 0.325 e. The minimum atomic E-state index is -0.786. The van der Waals surface area contributed by atoms with Gasteiger partial charge in [0.25, 0.3) is 0 Å². The van der Waals surface area contributed by atoms with Crippen LogP contribution < -0.4 is 0 Å². The van der Waals surface area contributed by atoms with Crippen LogP contribution in [0.3, 0.4) is 0 Å². The highest BCUT2D eigenvalue weighted by Crippen LogP contribution is 2.30. The number of carboxylic acid groups (broad SMARTS) is 1. The number of carboxylic acids is 1.